The fourth-order valence-corrected chi connectivity index (χ4v) is 2.73. The molecule has 1 aromatic carbocycles. The quantitative estimate of drug-likeness (QED) is 0.481. The lowest BCUT2D eigenvalue weighted by Crippen LogP contribution is -2.13. The third kappa shape index (κ3) is 3.39. The van der Waals surface area contributed by atoms with E-state index in [2.05, 4.69) is 5.10 Å². The monoisotopic (exact) mass is 317 g/mol. The fourth-order valence-electron chi connectivity index (χ4n) is 2.73. The summed E-state index contributed by atoms with van der Waals surface area (Å²) in [6.07, 6.45) is 0. The van der Waals surface area contributed by atoms with Crippen molar-refractivity contribution in [3.63, 3.8) is 0 Å². The van der Waals surface area contributed by atoms with E-state index in [-0.39, 0.29) is 11.7 Å². The highest BCUT2D eigenvalue weighted by molar-refractivity contribution is 5.78. The molecule has 1 aromatic heterocycles. The summed E-state index contributed by atoms with van der Waals surface area (Å²) in [5.74, 6) is -0.718. The lowest BCUT2D eigenvalue weighted by Gasteiger charge is -2.10. The first-order valence-corrected chi connectivity index (χ1v) is 7.20. The molecule has 2 aromatic rings. The summed E-state index contributed by atoms with van der Waals surface area (Å²) in [6, 6.07) is 6.44. The number of nitro groups is 1. The number of non-ortho nitro benzene ring substituents is 1. The molecule has 0 saturated heterocycles. The van der Waals surface area contributed by atoms with Gasteiger partial charge in [0, 0.05) is 23.4 Å². The molecule has 2 rings (SSSR count). The van der Waals surface area contributed by atoms with E-state index in [4.69, 9.17) is 4.74 Å². The van der Waals surface area contributed by atoms with Crippen molar-refractivity contribution in [3.8, 4) is 0 Å². The van der Waals surface area contributed by atoms with Crippen LogP contribution in [0.2, 0.25) is 0 Å². The van der Waals surface area contributed by atoms with Crippen LogP contribution in [-0.4, -0.2) is 27.8 Å². The summed E-state index contributed by atoms with van der Waals surface area (Å²) in [5, 5.41) is 15.3. The fraction of sp³-hybridized carbons (Fsp3) is 0.375. The van der Waals surface area contributed by atoms with Crippen molar-refractivity contribution in [2.45, 2.75) is 33.2 Å². The molecule has 0 saturated carbocycles. The highest BCUT2D eigenvalue weighted by Crippen LogP contribution is 2.25. The van der Waals surface area contributed by atoms with Crippen LogP contribution in [0.25, 0.3) is 0 Å². The zero-order chi connectivity index (χ0) is 17.1. The number of aryl methyl sites for hydroxylation is 1. The van der Waals surface area contributed by atoms with Crippen molar-refractivity contribution >= 4 is 11.7 Å². The number of carbonyl (C=O) groups excluding carboxylic acids is 1. The van der Waals surface area contributed by atoms with Crippen LogP contribution in [0.4, 0.5) is 5.69 Å². The zero-order valence-electron chi connectivity index (χ0n) is 13.6. The zero-order valence-corrected chi connectivity index (χ0v) is 13.6. The predicted molar refractivity (Wildman–Crippen MR) is 84.3 cm³/mol. The number of aromatic nitrogens is 2. The third-order valence-electron chi connectivity index (χ3n) is 3.88. The van der Waals surface area contributed by atoms with E-state index in [0.29, 0.717) is 6.54 Å². The van der Waals surface area contributed by atoms with Gasteiger partial charge < -0.3 is 4.74 Å². The molecule has 0 fully saturated rings. The Balaban J connectivity index is 2.33. The van der Waals surface area contributed by atoms with Gasteiger partial charge >= 0.3 is 5.97 Å². The minimum absolute atomic E-state index is 0.0483. The molecule has 0 radical (unpaired) electrons. The van der Waals surface area contributed by atoms with E-state index in [1.54, 1.807) is 17.7 Å². The molecular formula is C16H19N3O4. The Hall–Kier alpha value is -2.70. The Morgan fingerprint density at radius 3 is 2.74 bits per heavy atom. The summed E-state index contributed by atoms with van der Waals surface area (Å²) >= 11 is 0. The number of benzene rings is 1. The van der Waals surface area contributed by atoms with Crippen molar-refractivity contribution in [2.24, 2.45) is 0 Å². The highest BCUT2D eigenvalue weighted by atomic mass is 16.6. The summed E-state index contributed by atoms with van der Waals surface area (Å²) < 4.78 is 6.55. The van der Waals surface area contributed by atoms with E-state index < -0.39 is 10.8 Å². The van der Waals surface area contributed by atoms with Crippen LogP contribution in [0.5, 0.6) is 0 Å². The van der Waals surface area contributed by atoms with Gasteiger partial charge in [-0.05, 0) is 26.3 Å². The van der Waals surface area contributed by atoms with Gasteiger partial charge in [0.1, 0.15) is 0 Å². The second-order valence-electron chi connectivity index (χ2n) is 5.41. The van der Waals surface area contributed by atoms with Crippen molar-refractivity contribution in [2.75, 3.05) is 7.11 Å². The molecule has 122 valence electrons. The molecule has 1 unspecified atom stereocenters. The van der Waals surface area contributed by atoms with Crippen LogP contribution in [0.15, 0.2) is 24.3 Å². The van der Waals surface area contributed by atoms with Crippen LogP contribution in [0.1, 0.15) is 35.4 Å². The maximum Gasteiger partial charge on any atom is 0.312 e. The van der Waals surface area contributed by atoms with Gasteiger partial charge in [0.2, 0.25) is 0 Å². The number of hydrogen-bond donors (Lipinski definition) is 0. The number of hydrogen-bond acceptors (Lipinski definition) is 5. The van der Waals surface area contributed by atoms with Crippen molar-refractivity contribution < 1.29 is 14.5 Å². The van der Waals surface area contributed by atoms with Gasteiger partial charge in [0.15, 0.2) is 0 Å². The second kappa shape index (κ2) is 6.60. The Morgan fingerprint density at radius 1 is 1.43 bits per heavy atom. The number of methoxy groups -OCH3 is 1. The number of rotatable bonds is 5. The number of nitro benzene ring substituents is 1. The number of carbonyl (C=O) groups is 1. The van der Waals surface area contributed by atoms with Gasteiger partial charge in [-0.15, -0.1) is 0 Å². The standard InChI is InChI=1S/C16H19N3O4/c1-10(16(20)23-4)15-11(2)17-18(12(15)3)9-13-6-5-7-14(8-13)19(21)22/h5-8,10H,9H2,1-4H3. The number of ether oxygens (including phenoxy) is 1. The molecule has 1 atom stereocenters. The van der Waals surface area contributed by atoms with E-state index in [1.807, 2.05) is 19.9 Å². The molecule has 1 heterocycles. The van der Waals surface area contributed by atoms with Crippen molar-refractivity contribution in [3.05, 3.63) is 56.9 Å². The summed E-state index contributed by atoms with van der Waals surface area (Å²) in [5.41, 5.74) is 3.27. The first-order valence-electron chi connectivity index (χ1n) is 7.20. The maximum atomic E-state index is 11.8. The molecule has 0 amide bonds. The van der Waals surface area contributed by atoms with Gasteiger partial charge in [-0.1, -0.05) is 12.1 Å². The largest absolute Gasteiger partial charge is 0.469 e. The average molecular weight is 317 g/mol. The van der Waals surface area contributed by atoms with Crippen molar-refractivity contribution in [1.29, 1.82) is 0 Å². The predicted octanol–water partition coefficient (Wildman–Crippen LogP) is 2.73. The molecular weight excluding hydrogens is 298 g/mol. The molecule has 7 heteroatoms. The van der Waals surface area contributed by atoms with Crippen LogP contribution in [-0.2, 0) is 16.1 Å². The Kier molecular flexibility index (Phi) is 4.78. The highest BCUT2D eigenvalue weighted by Gasteiger charge is 2.24. The number of nitrogens with zero attached hydrogens (tertiary/aromatic N) is 3. The molecule has 0 aliphatic carbocycles. The first-order chi connectivity index (χ1) is 10.8. The van der Waals surface area contributed by atoms with Gasteiger partial charge in [0.25, 0.3) is 5.69 Å². The average Bonchev–Trinajstić information content (AvgIpc) is 2.80. The minimum Gasteiger partial charge on any atom is -0.469 e. The molecule has 0 spiro atoms. The van der Waals surface area contributed by atoms with Crippen LogP contribution in [0, 0.1) is 24.0 Å². The SMILES string of the molecule is COC(=O)C(C)c1c(C)nn(Cc2cccc([N+](=O)[O-])c2)c1C. The van der Waals surface area contributed by atoms with Crippen LogP contribution in [0.3, 0.4) is 0 Å². The van der Waals surface area contributed by atoms with E-state index >= 15 is 0 Å². The molecule has 0 bridgehead atoms. The number of esters is 1. The van der Waals surface area contributed by atoms with Gasteiger partial charge in [-0.25, -0.2) is 0 Å². The van der Waals surface area contributed by atoms with E-state index in [1.165, 1.54) is 19.2 Å². The second-order valence-corrected chi connectivity index (χ2v) is 5.41. The summed E-state index contributed by atoms with van der Waals surface area (Å²) in [4.78, 5) is 22.2. The van der Waals surface area contributed by atoms with Gasteiger partial charge in [-0.3, -0.25) is 19.6 Å². The Bertz CT molecular complexity index is 752. The van der Waals surface area contributed by atoms with Gasteiger partial charge in [-0.2, -0.15) is 5.10 Å². The topological polar surface area (TPSA) is 87.3 Å². The van der Waals surface area contributed by atoms with Gasteiger partial charge in [0.05, 0.1) is 30.2 Å². The van der Waals surface area contributed by atoms with Crippen molar-refractivity contribution in [1.82, 2.24) is 9.78 Å². The minimum atomic E-state index is -0.421. The molecule has 23 heavy (non-hydrogen) atoms. The normalized spacial score (nSPS) is 12.0. The summed E-state index contributed by atoms with van der Waals surface area (Å²) in [6.45, 7) is 5.90. The lowest BCUT2D eigenvalue weighted by molar-refractivity contribution is -0.384. The third-order valence-corrected chi connectivity index (χ3v) is 3.88. The summed E-state index contributed by atoms with van der Waals surface area (Å²) in [7, 11) is 1.36. The first kappa shape index (κ1) is 16.7. The Morgan fingerprint density at radius 2 is 2.13 bits per heavy atom. The molecule has 7 nitrogen and oxygen atoms in total. The van der Waals surface area contributed by atoms with Crippen LogP contribution >= 0.6 is 0 Å². The Labute approximate surface area is 134 Å². The maximum absolute atomic E-state index is 11.8. The van der Waals surface area contributed by atoms with E-state index in [9.17, 15) is 14.9 Å². The van der Waals surface area contributed by atoms with E-state index in [0.717, 1.165) is 22.5 Å². The smallest absolute Gasteiger partial charge is 0.312 e. The molecule has 0 N–H and O–H groups in total. The molecule has 0 aliphatic rings. The van der Waals surface area contributed by atoms with Crippen LogP contribution < -0.4 is 0 Å². The molecule has 0 aliphatic heterocycles. The lowest BCUT2D eigenvalue weighted by atomic mass is 9.99.